The summed E-state index contributed by atoms with van der Waals surface area (Å²) in [7, 11) is 1.99. The van der Waals surface area contributed by atoms with Crippen LogP contribution in [0.5, 0.6) is 0 Å². The SMILES string of the molecule is CCCNC(C)c1ccc(Sc2cc(C)nn2C)cc1. The molecule has 1 unspecified atom stereocenters. The Bertz CT molecular complexity index is 545. The second kappa shape index (κ2) is 6.95. The molecule has 1 aromatic carbocycles. The van der Waals surface area contributed by atoms with Crippen LogP contribution in [0.1, 0.15) is 37.6 Å². The number of nitrogens with zero attached hydrogens (tertiary/aromatic N) is 2. The molecule has 2 rings (SSSR count). The van der Waals surface area contributed by atoms with E-state index in [0.29, 0.717) is 6.04 Å². The van der Waals surface area contributed by atoms with Crippen LogP contribution in [0, 0.1) is 6.92 Å². The molecule has 0 amide bonds. The van der Waals surface area contributed by atoms with Crippen molar-refractivity contribution in [2.24, 2.45) is 7.05 Å². The summed E-state index contributed by atoms with van der Waals surface area (Å²) in [5.41, 5.74) is 2.40. The number of aryl methyl sites for hydroxylation is 2. The Balaban J connectivity index is 2.03. The van der Waals surface area contributed by atoms with Crippen LogP contribution in [-0.4, -0.2) is 16.3 Å². The quantitative estimate of drug-likeness (QED) is 0.873. The van der Waals surface area contributed by atoms with Gasteiger partial charge in [0.25, 0.3) is 0 Å². The molecule has 1 heterocycles. The van der Waals surface area contributed by atoms with Crippen molar-refractivity contribution < 1.29 is 0 Å². The minimum Gasteiger partial charge on any atom is -0.310 e. The molecule has 1 N–H and O–H groups in total. The fourth-order valence-electron chi connectivity index (χ4n) is 2.11. The van der Waals surface area contributed by atoms with Crippen LogP contribution in [0.3, 0.4) is 0 Å². The third-order valence-electron chi connectivity index (χ3n) is 3.26. The number of benzene rings is 1. The smallest absolute Gasteiger partial charge is 0.0986 e. The van der Waals surface area contributed by atoms with Crippen molar-refractivity contribution in [1.29, 1.82) is 0 Å². The van der Waals surface area contributed by atoms with Crippen LogP contribution in [0.25, 0.3) is 0 Å². The van der Waals surface area contributed by atoms with Crippen molar-refractivity contribution in [1.82, 2.24) is 15.1 Å². The average Bonchev–Trinajstić information content (AvgIpc) is 2.75. The van der Waals surface area contributed by atoms with Gasteiger partial charge in [-0.25, -0.2) is 0 Å². The minimum absolute atomic E-state index is 0.410. The summed E-state index contributed by atoms with van der Waals surface area (Å²) in [6.45, 7) is 7.48. The van der Waals surface area contributed by atoms with Gasteiger partial charge in [-0.05, 0) is 50.6 Å². The topological polar surface area (TPSA) is 29.9 Å². The number of aromatic nitrogens is 2. The van der Waals surface area contributed by atoms with Crippen LogP contribution >= 0.6 is 11.8 Å². The lowest BCUT2D eigenvalue weighted by Crippen LogP contribution is -2.19. The molecular weight excluding hydrogens is 266 g/mol. The highest BCUT2D eigenvalue weighted by Gasteiger charge is 2.06. The molecule has 0 radical (unpaired) electrons. The lowest BCUT2D eigenvalue weighted by atomic mass is 10.1. The summed E-state index contributed by atoms with van der Waals surface area (Å²) < 4.78 is 1.93. The van der Waals surface area contributed by atoms with Crippen LogP contribution in [-0.2, 0) is 7.05 Å². The van der Waals surface area contributed by atoms with Crippen molar-refractivity contribution in [3.05, 3.63) is 41.6 Å². The van der Waals surface area contributed by atoms with Gasteiger partial charge in [0.05, 0.1) is 10.7 Å². The van der Waals surface area contributed by atoms with E-state index < -0.39 is 0 Å². The van der Waals surface area contributed by atoms with E-state index in [2.05, 4.69) is 54.6 Å². The zero-order valence-electron chi connectivity index (χ0n) is 12.7. The standard InChI is InChI=1S/C16H23N3S/c1-5-10-17-13(3)14-6-8-15(9-7-14)20-16-11-12(2)18-19(16)4/h6-9,11,13,17H,5,10H2,1-4H3. The first-order chi connectivity index (χ1) is 9.60. The van der Waals surface area contributed by atoms with E-state index in [0.717, 1.165) is 18.7 Å². The summed E-state index contributed by atoms with van der Waals surface area (Å²) >= 11 is 1.75. The van der Waals surface area contributed by atoms with Gasteiger partial charge >= 0.3 is 0 Å². The van der Waals surface area contributed by atoms with Gasteiger partial charge in [0.15, 0.2) is 0 Å². The highest BCUT2D eigenvalue weighted by Crippen LogP contribution is 2.28. The molecule has 2 aromatic rings. The molecular formula is C16H23N3S. The first-order valence-corrected chi connectivity index (χ1v) is 7.93. The minimum atomic E-state index is 0.410. The molecule has 4 heteroatoms. The van der Waals surface area contributed by atoms with Crippen molar-refractivity contribution >= 4 is 11.8 Å². The van der Waals surface area contributed by atoms with E-state index in [4.69, 9.17) is 0 Å². The second-order valence-electron chi connectivity index (χ2n) is 5.09. The normalized spacial score (nSPS) is 12.6. The molecule has 3 nitrogen and oxygen atoms in total. The zero-order chi connectivity index (χ0) is 14.5. The predicted octanol–water partition coefficient (Wildman–Crippen LogP) is 3.94. The monoisotopic (exact) mass is 289 g/mol. The zero-order valence-corrected chi connectivity index (χ0v) is 13.5. The molecule has 0 saturated heterocycles. The van der Waals surface area contributed by atoms with Crippen LogP contribution in [0.2, 0.25) is 0 Å². The number of rotatable bonds is 6. The maximum atomic E-state index is 4.37. The van der Waals surface area contributed by atoms with Crippen LogP contribution in [0.4, 0.5) is 0 Å². The van der Waals surface area contributed by atoms with Gasteiger partial charge in [-0.3, -0.25) is 4.68 Å². The summed E-state index contributed by atoms with van der Waals surface area (Å²) in [4.78, 5) is 1.25. The summed E-state index contributed by atoms with van der Waals surface area (Å²) in [6, 6.07) is 11.3. The largest absolute Gasteiger partial charge is 0.310 e. The Morgan fingerprint density at radius 3 is 2.55 bits per heavy atom. The number of hydrogen-bond acceptors (Lipinski definition) is 3. The third-order valence-corrected chi connectivity index (χ3v) is 4.36. The molecule has 0 fully saturated rings. The number of hydrogen-bond donors (Lipinski definition) is 1. The molecule has 108 valence electrons. The van der Waals surface area contributed by atoms with Crippen LogP contribution in [0.15, 0.2) is 40.3 Å². The van der Waals surface area contributed by atoms with Crippen molar-refractivity contribution in [3.63, 3.8) is 0 Å². The maximum absolute atomic E-state index is 4.37. The van der Waals surface area contributed by atoms with Gasteiger partial charge in [0, 0.05) is 18.0 Å². The fraction of sp³-hybridized carbons (Fsp3) is 0.438. The summed E-state index contributed by atoms with van der Waals surface area (Å²) in [6.07, 6.45) is 1.16. The maximum Gasteiger partial charge on any atom is 0.0986 e. The molecule has 0 spiro atoms. The molecule has 1 atom stereocenters. The van der Waals surface area contributed by atoms with Crippen molar-refractivity contribution in [2.45, 2.75) is 43.2 Å². The van der Waals surface area contributed by atoms with E-state index in [1.165, 1.54) is 15.5 Å². The third kappa shape index (κ3) is 3.87. The van der Waals surface area contributed by atoms with Gasteiger partial charge in [0.1, 0.15) is 0 Å². The Hall–Kier alpha value is -1.26. The van der Waals surface area contributed by atoms with Gasteiger partial charge < -0.3 is 5.32 Å². The Morgan fingerprint density at radius 2 is 2.00 bits per heavy atom. The molecule has 0 bridgehead atoms. The van der Waals surface area contributed by atoms with Crippen molar-refractivity contribution in [2.75, 3.05) is 6.54 Å². The van der Waals surface area contributed by atoms with E-state index in [1.807, 2.05) is 18.7 Å². The average molecular weight is 289 g/mol. The predicted molar refractivity (Wildman–Crippen MR) is 85.2 cm³/mol. The highest BCUT2D eigenvalue weighted by atomic mass is 32.2. The Kier molecular flexibility index (Phi) is 5.26. The van der Waals surface area contributed by atoms with Gasteiger partial charge in [-0.1, -0.05) is 30.8 Å². The van der Waals surface area contributed by atoms with Crippen LogP contribution < -0.4 is 5.32 Å². The molecule has 0 aliphatic carbocycles. The van der Waals surface area contributed by atoms with Gasteiger partial charge in [-0.2, -0.15) is 5.10 Å². The highest BCUT2D eigenvalue weighted by molar-refractivity contribution is 7.99. The van der Waals surface area contributed by atoms with E-state index in [1.54, 1.807) is 11.8 Å². The summed E-state index contributed by atoms with van der Waals surface area (Å²) in [5.74, 6) is 0. The number of nitrogens with one attached hydrogen (secondary N) is 1. The molecule has 0 aliphatic rings. The first kappa shape index (κ1) is 15.1. The molecule has 1 aromatic heterocycles. The molecule has 0 aliphatic heterocycles. The van der Waals surface area contributed by atoms with E-state index in [9.17, 15) is 0 Å². The van der Waals surface area contributed by atoms with Gasteiger partial charge in [-0.15, -0.1) is 0 Å². The molecule has 20 heavy (non-hydrogen) atoms. The second-order valence-corrected chi connectivity index (χ2v) is 6.19. The Labute approximate surface area is 125 Å². The van der Waals surface area contributed by atoms with Crippen molar-refractivity contribution in [3.8, 4) is 0 Å². The van der Waals surface area contributed by atoms with E-state index >= 15 is 0 Å². The van der Waals surface area contributed by atoms with E-state index in [-0.39, 0.29) is 0 Å². The lowest BCUT2D eigenvalue weighted by Gasteiger charge is -2.14. The summed E-state index contributed by atoms with van der Waals surface area (Å²) in [5, 5.41) is 9.06. The fourth-order valence-corrected chi connectivity index (χ4v) is 3.02. The molecule has 0 saturated carbocycles. The Morgan fingerprint density at radius 1 is 1.30 bits per heavy atom. The van der Waals surface area contributed by atoms with Gasteiger partial charge in [0.2, 0.25) is 0 Å². The lowest BCUT2D eigenvalue weighted by molar-refractivity contribution is 0.570. The first-order valence-electron chi connectivity index (χ1n) is 7.12.